The van der Waals surface area contributed by atoms with Gasteiger partial charge >= 0.3 is 0 Å². The minimum absolute atomic E-state index is 0.171. The van der Waals surface area contributed by atoms with Crippen molar-refractivity contribution in [2.75, 3.05) is 0 Å². The van der Waals surface area contributed by atoms with E-state index in [4.69, 9.17) is 32.9 Å². The van der Waals surface area contributed by atoms with Gasteiger partial charge in [0.05, 0.1) is 17.6 Å². The average molecular weight is 425 g/mol. The molecule has 3 nitrogen and oxygen atoms in total. The van der Waals surface area contributed by atoms with Gasteiger partial charge in [-0.25, -0.2) is 4.98 Å². The number of para-hydroxylation sites is 2. The Morgan fingerprint density at radius 3 is 2.59 bits per heavy atom. The summed E-state index contributed by atoms with van der Waals surface area (Å²) in [4.78, 5) is 4.91. The number of imidazole rings is 1. The van der Waals surface area contributed by atoms with Crippen molar-refractivity contribution in [3.8, 4) is 5.75 Å². The van der Waals surface area contributed by atoms with Crippen LogP contribution in [-0.4, -0.2) is 9.55 Å². The molecule has 0 amide bonds. The standard InChI is InChI=1S/C24H22Cl2N2O/c1-3-23(29-19-8-6-7-16(2)13-19)24-27-21-9-4-5-10-22(21)28(24)15-17-11-12-18(25)14-20(17)26/h4-14,23H,3,15H2,1-2H3. The molecule has 1 aromatic heterocycles. The van der Waals surface area contributed by atoms with Gasteiger partial charge in [-0.1, -0.05) is 60.5 Å². The number of nitrogens with zero attached hydrogens (tertiary/aromatic N) is 2. The Kier molecular flexibility index (Phi) is 5.79. The molecule has 4 rings (SSSR count). The van der Waals surface area contributed by atoms with Crippen LogP contribution in [-0.2, 0) is 6.54 Å². The molecule has 0 aliphatic carbocycles. The predicted molar refractivity (Wildman–Crippen MR) is 120 cm³/mol. The quantitative estimate of drug-likeness (QED) is 0.326. The molecule has 1 heterocycles. The lowest BCUT2D eigenvalue weighted by Gasteiger charge is -2.20. The maximum atomic E-state index is 6.46. The molecule has 5 heteroatoms. The van der Waals surface area contributed by atoms with Gasteiger partial charge in [-0.2, -0.15) is 0 Å². The van der Waals surface area contributed by atoms with E-state index < -0.39 is 0 Å². The number of halogens is 2. The second-order valence-corrected chi connectivity index (χ2v) is 7.96. The van der Waals surface area contributed by atoms with E-state index in [1.165, 1.54) is 5.56 Å². The van der Waals surface area contributed by atoms with Crippen LogP contribution < -0.4 is 4.74 Å². The molecule has 29 heavy (non-hydrogen) atoms. The number of hydrogen-bond acceptors (Lipinski definition) is 2. The highest BCUT2D eigenvalue weighted by molar-refractivity contribution is 6.35. The second kappa shape index (κ2) is 8.48. The number of fused-ring (bicyclic) bond motifs is 1. The number of ether oxygens (including phenoxy) is 1. The Morgan fingerprint density at radius 1 is 1.00 bits per heavy atom. The summed E-state index contributed by atoms with van der Waals surface area (Å²) in [5.74, 6) is 1.74. The van der Waals surface area contributed by atoms with E-state index in [2.05, 4.69) is 30.5 Å². The minimum Gasteiger partial charge on any atom is -0.483 e. The zero-order chi connectivity index (χ0) is 20.4. The summed E-state index contributed by atoms with van der Waals surface area (Å²) in [5, 5.41) is 1.28. The van der Waals surface area contributed by atoms with Gasteiger partial charge in [-0.05, 0) is 60.9 Å². The molecule has 0 aliphatic rings. The third-order valence-corrected chi connectivity index (χ3v) is 5.54. The normalized spacial score (nSPS) is 12.3. The van der Waals surface area contributed by atoms with E-state index >= 15 is 0 Å². The first-order valence-corrected chi connectivity index (χ1v) is 10.4. The lowest BCUT2D eigenvalue weighted by Crippen LogP contribution is -2.15. The maximum absolute atomic E-state index is 6.46. The fraction of sp³-hybridized carbons (Fsp3) is 0.208. The number of aryl methyl sites for hydroxylation is 1. The lowest BCUT2D eigenvalue weighted by molar-refractivity contribution is 0.187. The van der Waals surface area contributed by atoms with Crippen LogP contribution in [0.1, 0.15) is 36.4 Å². The summed E-state index contributed by atoms with van der Waals surface area (Å²) in [6, 6.07) is 21.8. The molecule has 0 bridgehead atoms. The fourth-order valence-corrected chi connectivity index (χ4v) is 3.97. The third kappa shape index (κ3) is 4.26. The van der Waals surface area contributed by atoms with Crippen LogP contribution in [0.5, 0.6) is 5.75 Å². The summed E-state index contributed by atoms with van der Waals surface area (Å²) in [6.07, 6.45) is 0.626. The van der Waals surface area contributed by atoms with E-state index in [9.17, 15) is 0 Å². The van der Waals surface area contributed by atoms with Gasteiger partial charge in [0.1, 0.15) is 5.75 Å². The fourth-order valence-electron chi connectivity index (χ4n) is 3.50. The van der Waals surface area contributed by atoms with Crippen molar-refractivity contribution in [3.63, 3.8) is 0 Å². The topological polar surface area (TPSA) is 27.1 Å². The highest BCUT2D eigenvalue weighted by Crippen LogP contribution is 2.30. The van der Waals surface area contributed by atoms with E-state index in [1.54, 1.807) is 6.07 Å². The smallest absolute Gasteiger partial charge is 0.156 e. The molecule has 1 unspecified atom stereocenters. The first-order valence-electron chi connectivity index (χ1n) is 9.67. The molecule has 0 spiro atoms. The molecular weight excluding hydrogens is 403 g/mol. The van der Waals surface area contributed by atoms with Crippen molar-refractivity contribution in [3.05, 3.63) is 93.7 Å². The van der Waals surface area contributed by atoms with Gasteiger partial charge in [0.25, 0.3) is 0 Å². The van der Waals surface area contributed by atoms with Crippen LogP contribution in [0.2, 0.25) is 10.0 Å². The lowest BCUT2D eigenvalue weighted by atomic mass is 10.2. The summed E-state index contributed by atoms with van der Waals surface area (Å²) in [7, 11) is 0. The minimum atomic E-state index is -0.171. The Morgan fingerprint density at radius 2 is 1.83 bits per heavy atom. The number of aromatic nitrogens is 2. The van der Waals surface area contributed by atoms with Gasteiger partial charge in [-0.3, -0.25) is 0 Å². The Hall–Kier alpha value is -2.49. The van der Waals surface area contributed by atoms with E-state index in [-0.39, 0.29) is 6.10 Å². The monoisotopic (exact) mass is 424 g/mol. The van der Waals surface area contributed by atoms with Crippen LogP contribution in [0.3, 0.4) is 0 Å². The maximum Gasteiger partial charge on any atom is 0.156 e. The Bertz CT molecular complexity index is 1150. The molecule has 0 fully saturated rings. The van der Waals surface area contributed by atoms with Gasteiger partial charge in [0.2, 0.25) is 0 Å². The van der Waals surface area contributed by atoms with Crippen LogP contribution in [0.15, 0.2) is 66.7 Å². The van der Waals surface area contributed by atoms with E-state index in [1.807, 2.05) is 48.5 Å². The highest BCUT2D eigenvalue weighted by atomic mass is 35.5. The largest absolute Gasteiger partial charge is 0.483 e. The molecule has 1 atom stereocenters. The molecule has 0 aliphatic heterocycles. The molecule has 0 saturated heterocycles. The number of hydrogen-bond donors (Lipinski definition) is 0. The summed E-state index contributed by atoms with van der Waals surface area (Å²) in [5.41, 5.74) is 4.16. The first-order chi connectivity index (χ1) is 14.0. The van der Waals surface area contributed by atoms with Crippen LogP contribution >= 0.6 is 23.2 Å². The zero-order valence-electron chi connectivity index (χ0n) is 16.4. The predicted octanol–water partition coefficient (Wildman–Crippen LogP) is 7.23. The Balaban J connectivity index is 1.77. The summed E-state index contributed by atoms with van der Waals surface area (Å²) in [6.45, 7) is 4.77. The molecule has 0 saturated carbocycles. The summed E-state index contributed by atoms with van der Waals surface area (Å²) >= 11 is 12.5. The summed E-state index contributed by atoms with van der Waals surface area (Å²) < 4.78 is 8.54. The average Bonchev–Trinajstić information content (AvgIpc) is 3.06. The molecular formula is C24H22Cl2N2O. The third-order valence-electron chi connectivity index (χ3n) is 4.95. The second-order valence-electron chi connectivity index (χ2n) is 7.11. The number of rotatable bonds is 6. The van der Waals surface area contributed by atoms with Crippen LogP contribution in [0, 0.1) is 6.92 Å². The van der Waals surface area contributed by atoms with Crippen molar-refractivity contribution in [2.24, 2.45) is 0 Å². The van der Waals surface area contributed by atoms with Gasteiger partial charge in [-0.15, -0.1) is 0 Å². The zero-order valence-corrected chi connectivity index (χ0v) is 17.9. The molecule has 0 N–H and O–H groups in total. The van der Waals surface area contributed by atoms with Crippen LogP contribution in [0.4, 0.5) is 0 Å². The van der Waals surface area contributed by atoms with Gasteiger partial charge < -0.3 is 9.30 Å². The van der Waals surface area contributed by atoms with Crippen molar-refractivity contribution in [2.45, 2.75) is 32.9 Å². The van der Waals surface area contributed by atoms with Gasteiger partial charge in [0.15, 0.2) is 11.9 Å². The molecule has 4 aromatic rings. The van der Waals surface area contributed by atoms with Crippen molar-refractivity contribution in [1.82, 2.24) is 9.55 Å². The van der Waals surface area contributed by atoms with Crippen LogP contribution in [0.25, 0.3) is 11.0 Å². The first kappa shape index (κ1) is 19.8. The van der Waals surface area contributed by atoms with Crippen molar-refractivity contribution in [1.29, 1.82) is 0 Å². The number of benzene rings is 3. The SMILES string of the molecule is CCC(Oc1cccc(C)c1)c1nc2ccccc2n1Cc1ccc(Cl)cc1Cl. The van der Waals surface area contributed by atoms with E-state index in [0.717, 1.165) is 34.6 Å². The van der Waals surface area contributed by atoms with Gasteiger partial charge in [0, 0.05) is 10.0 Å². The molecule has 0 radical (unpaired) electrons. The van der Waals surface area contributed by atoms with Crippen molar-refractivity contribution < 1.29 is 4.74 Å². The molecule has 148 valence electrons. The van der Waals surface area contributed by atoms with Crippen molar-refractivity contribution >= 4 is 34.2 Å². The highest BCUT2D eigenvalue weighted by Gasteiger charge is 2.21. The van der Waals surface area contributed by atoms with E-state index in [0.29, 0.717) is 16.6 Å². The molecule has 3 aromatic carbocycles. The Labute approximate surface area is 180 Å².